The van der Waals surface area contributed by atoms with Crippen LogP contribution in [0.4, 0.5) is 0 Å². The molecule has 7 heavy (non-hydrogen) atoms. The molecule has 0 rings (SSSR count). The molecule has 3 N–H and O–H groups in total. The van der Waals surface area contributed by atoms with Gasteiger partial charge in [-0.15, -0.1) is 0 Å². The van der Waals surface area contributed by atoms with Crippen LogP contribution in [0.15, 0.2) is 0 Å². The third-order valence-corrected chi connectivity index (χ3v) is 0. The first-order valence-corrected chi connectivity index (χ1v) is 2.35. The van der Waals surface area contributed by atoms with Crippen molar-refractivity contribution >= 4 is 7.82 Å². The van der Waals surface area contributed by atoms with E-state index >= 15 is 0 Å². The van der Waals surface area contributed by atoms with Crippen LogP contribution < -0.4 is 0 Å². The molecule has 0 atom stereocenters. The second-order valence-electron chi connectivity index (χ2n) is 0.513. The van der Waals surface area contributed by atoms with Gasteiger partial charge in [-0.2, -0.15) is 0 Å². The summed E-state index contributed by atoms with van der Waals surface area (Å²) >= 11 is 0. The molecule has 0 saturated carbocycles. The van der Waals surface area contributed by atoms with Crippen LogP contribution in [0.1, 0.15) is 0 Å². The van der Waals surface area contributed by atoms with Crippen molar-refractivity contribution < 1.29 is 58.2 Å². The van der Waals surface area contributed by atoms with Gasteiger partial charge < -0.3 is 14.7 Å². The van der Waals surface area contributed by atoms with Crippen molar-refractivity contribution in [1.82, 2.24) is 0 Å². The van der Waals surface area contributed by atoms with E-state index in [4.69, 9.17) is 19.2 Å². The van der Waals surface area contributed by atoms with E-state index in [1.54, 1.807) is 0 Å². The summed E-state index contributed by atoms with van der Waals surface area (Å²) in [6.07, 6.45) is 0. The molecule has 0 aliphatic rings. The molecule has 0 bridgehead atoms. The molecule has 4 nitrogen and oxygen atoms in total. The summed E-state index contributed by atoms with van der Waals surface area (Å²) in [4.78, 5) is 21.6. The van der Waals surface area contributed by atoms with E-state index in [0.717, 1.165) is 0 Å². The van der Waals surface area contributed by atoms with Crippen LogP contribution in [0.3, 0.4) is 0 Å². The van der Waals surface area contributed by atoms with Crippen LogP contribution in [0.5, 0.6) is 0 Å². The molecule has 0 saturated heterocycles. The first-order chi connectivity index (χ1) is 2.00. The summed E-state index contributed by atoms with van der Waals surface area (Å²) in [5, 5.41) is 0. The summed E-state index contributed by atoms with van der Waals surface area (Å²) in [5.41, 5.74) is 0. The van der Waals surface area contributed by atoms with Crippen molar-refractivity contribution in [2.24, 2.45) is 0 Å². The number of phosphoric acid groups is 1. The summed E-state index contributed by atoms with van der Waals surface area (Å²) in [7, 11) is -4.64. The van der Waals surface area contributed by atoms with E-state index in [9.17, 15) is 0 Å². The molecule has 7 heteroatoms. The molecule has 0 radical (unpaired) electrons. The Kier molecular flexibility index (Phi) is 12.4. The molecule has 0 heterocycles. The Morgan fingerprint density at radius 1 is 1.00 bits per heavy atom. The quantitative estimate of drug-likeness (QED) is 0.370. The van der Waals surface area contributed by atoms with E-state index in [1.165, 1.54) is 0 Å². The zero-order chi connectivity index (χ0) is 4.50. The van der Waals surface area contributed by atoms with Crippen LogP contribution >= 0.6 is 7.82 Å². The van der Waals surface area contributed by atoms with E-state index in [1.807, 2.05) is 0 Å². The average molecular weight is 229 g/mol. The summed E-state index contributed by atoms with van der Waals surface area (Å²) in [6.45, 7) is 0. The Morgan fingerprint density at radius 2 is 1.00 bits per heavy atom. The summed E-state index contributed by atoms with van der Waals surface area (Å²) in [5.74, 6) is 0. The van der Waals surface area contributed by atoms with Gasteiger partial charge in [0.05, 0.1) is 0 Å². The molecule has 0 amide bonds. The third kappa shape index (κ3) is 115. The monoisotopic (exact) mass is 226 g/mol. The van der Waals surface area contributed by atoms with Gasteiger partial charge in [-0.05, 0) is 0 Å². The van der Waals surface area contributed by atoms with Crippen molar-refractivity contribution in [2.45, 2.75) is 0 Å². The minimum Gasteiger partial charge on any atom is -0.303 e. The van der Waals surface area contributed by atoms with Crippen molar-refractivity contribution in [3.63, 3.8) is 0 Å². The second-order valence-corrected chi connectivity index (χ2v) is 1.54. The first kappa shape index (κ1) is 15.8. The van der Waals surface area contributed by atoms with Gasteiger partial charge in [-0.1, -0.05) is 0 Å². The van der Waals surface area contributed by atoms with Crippen LogP contribution in [-0.2, 0) is 43.5 Å². The molecular formula is H3O4PZn2+4. The Labute approximate surface area is 66.1 Å². The maximum absolute atomic E-state index is 8.88. The van der Waals surface area contributed by atoms with Crippen LogP contribution in [0.2, 0.25) is 0 Å². The van der Waals surface area contributed by atoms with E-state index in [-0.39, 0.29) is 39.0 Å². The van der Waals surface area contributed by atoms with Gasteiger partial charge in [0.1, 0.15) is 0 Å². The van der Waals surface area contributed by atoms with E-state index in [0.29, 0.717) is 0 Å². The molecule has 0 aromatic heterocycles. The van der Waals surface area contributed by atoms with Gasteiger partial charge in [0.2, 0.25) is 0 Å². The van der Waals surface area contributed by atoms with Gasteiger partial charge in [0.15, 0.2) is 0 Å². The topological polar surface area (TPSA) is 77.8 Å². The van der Waals surface area contributed by atoms with Crippen molar-refractivity contribution in [3.8, 4) is 0 Å². The van der Waals surface area contributed by atoms with Crippen LogP contribution in [-0.4, -0.2) is 14.7 Å². The number of rotatable bonds is 0. The Balaban J connectivity index is -0.0000000800. The molecular weight excluding hydrogens is 226 g/mol. The maximum atomic E-state index is 8.88. The van der Waals surface area contributed by atoms with Crippen LogP contribution in [0, 0.1) is 0 Å². The van der Waals surface area contributed by atoms with Gasteiger partial charge >= 0.3 is 46.8 Å². The molecule has 0 aliphatic heterocycles. The number of hydrogen-bond donors (Lipinski definition) is 3. The smallest absolute Gasteiger partial charge is 0.303 e. The predicted octanol–water partition coefficient (Wildman–Crippen LogP) is -0.934. The van der Waals surface area contributed by atoms with Gasteiger partial charge in [-0.25, -0.2) is 4.57 Å². The Morgan fingerprint density at radius 3 is 1.00 bits per heavy atom. The molecule has 0 fully saturated rings. The fourth-order valence-corrected chi connectivity index (χ4v) is 0. The minimum absolute atomic E-state index is 0. The van der Waals surface area contributed by atoms with Gasteiger partial charge in [0, 0.05) is 0 Å². The van der Waals surface area contributed by atoms with Crippen molar-refractivity contribution in [1.29, 1.82) is 0 Å². The third-order valence-electron chi connectivity index (χ3n) is 0. The Hall–Kier alpha value is 1.36. The SMILES string of the molecule is O=P(O)(O)O.[Zn+2].[Zn+2]. The van der Waals surface area contributed by atoms with Gasteiger partial charge in [0.25, 0.3) is 0 Å². The molecule has 0 aromatic rings. The average Bonchev–Trinajstić information content (AvgIpc) is 0.722. The zero-order valence-electron chi connectivity index (χ0n) is 3.61. The molecule has 0 spiro atoms. The standard InChI is InChI=1S/H3O4P.2Zn/c1-5(2,3)4;;/h(H3,1,2,3,4);;/q;2*+2. The van der Waals surface area contributed by atoms with E-state index in [2.05, 4.69) is 0 Å². The van der Waals surface area contributed by atoms with Crippen LogP contribution in [0.25, 0.3) is 0 Å². The summed E-state index contributed by atoms with van der Waals surface area (Å²) < 4.78 is 8.88. The fourth-order valence-electron chi connectivity index (χ4n) is 0. The minimum atomic E-state index is -4.64. The normalized spacial score (nSPS) is 8.43. The number of hydrogen-bond acceptors (Lipinski definition) is 1. The Bertz CT molecular complexity index is 55.8. The van der Waals surface area contributed by atoms with Gasteiger partial charge in [-0.3, -0.25) is 0 Å². The van der Waals surface area contributed by atoms with E-state index < -0.39 is 7.82 Å². The van der Waals surface area contributed by atoms with Crippen molar-refractivity contribution in [3.05, 3.63) is 0 Å². The van der Waals surface area contributed by atoms with Crippen molar-refractivity contribution in [2.75, 3.05) is 0 Å². The predicted molar refractivity (Wildman–Crippen MR) is 14.3 cm³/mol. The summed E-state index contributed by atoms with van der Waals surface area (Å²) in [6, 6.07) is 0. The fraction of sp³-hybridized carbons (Fsp3) is 0. The largest absolute Gasteiger partial charge is 2.00 e. The first-order valence-electron chi connectivity index (χ1n) is 0.783. The zero-order valence-corrected chi connectivity index (χ0v) is 10.4. The molecule has 0 unspecified atom stereocenters. The molecule has 0 aliphatic carbocycles. The second kappa shape index (κ2) is 5.49. The maximum Gasteiger partial charge on any atom is 2.00 e. The molecule has 32 valence electrons. The molecule has 0 aromatic carbocycles.